The number of terminal acetylenes is 1. The van der Waals surface area contributed by atoms with Gasteiger partial charge in [0.05, 0.1) is 0 Å². The van der Waals surface area contributed by atoms with Gasteiger partial charge in [0.1, 0.15) is 0 Å². The van der Waals surface area contributed by atoms with Crippen molar-refractivity contribution in [2.24, 2.45) is 17.8 Å². The Morgan fingerprint density at radius 2 is 1.86 bits per heavy atom. The van der Waals surface area contributed by atoms with Gasteiger partial charge in [0.15, 0.2) is 0 Å². The second kappa shape index (κ2) is 13.4. The summed E-state index contributed by atoms with van der Waals surface area (Å²) in [4.78, 5) is 0. The van der Waals surface area contributed by atoms with E-state index in [4.69, 9.17) is 6.42 Å². The molecule has 0 heterocycles. The van der Waals surface area contributed by atoms with Crippen LogP contribution in [0.2, 0.25) is 0 Å². The van der Waals surface area contributed by atoms with Crippen LogP contribution in [-0.2, 0) is 0 Å². The number of hydrogen-bond acceptors (Lipinski definition) is 0. The second-order valence-electron chi connectivity index (χ2n) is 6.81. The molecule has 0 spiro atoms. The molecule has 0 saturated carbocycles. The maximum atomic E-state index is 5.75. The first-order valence-corrected chi connectivity index (χ1v) is 8.90. The van der Waals surface area contributed by atoms with Crippen molar-refractivity contribution in [1.29, 1.82) is 0 Å². The number of unbranched alkanes of at least 4 members (excludes halogenated alkanes) is 2. The summed E-state index contributed by atoms with van der Waals surface area (Å²) >= 11 is 0. The van der Waals surface area contributed by atoms with Gasteiger partial charge in [-0.25, -0.2) is 0 Å². The van der Waals surface area contributed by atoms with E-state index in [0.29, 0.717) is 17.8 Å². The number of allylic oxidation sites excluding steroid dienone is 5. The third-order valence-electron chi connectivity index (χ3n) is 4.17. The van der Waals surface area contributed by atoms with Crippen molar-refractivity contribution < 1.29 is 0 Å². The summed E-state index contributed by atoms with van der Waals surface area (Å²) in [5, 5.41) is 0. The highest BCUT2D eigenvalue weighted by Crippen LogP contribution is 2.24. The molecule has 0 aromatic heterocycles. The van der Waals surface area contributed by atoms with Crippen LogP contribution in [0.3, 0.4) is 0 Å². The lowest BCUT2D eigenvalue weighted by atomic mass is 9.86. The lowest BCUT2D eigenvalue weighted by Crippen LogP contribution is -2.09. The normalized spacial score (nSPS) is 15.0. The fraction of sp³-hybridized carbons (Fsp3) is 0.636. The second-order valence-corrected chi connectivity index (χ2v) is 6.81. The molecule has 0 aliphatic carbocycles. The van der Waals surface area contributed by atoms with E-state index in [0.717, 1.165) is 32.1 Å². The highest BCUT2D eigenvalue weighted by Gasteiger charge is 2.13. The maximum absolute atomic E-state index is 5.75. The number of rotatable bonds is 12. The van der Waals surface area contributed by atoms with Gasteiger partial charge in [-0.2, -0.15) is 0 Å². The summed E-state index contributed by atoms with van der Waals surface area (Å²) in [6, 6.07) is 0. The zero-order valence-electron chi connectivity index (χ0n) is 15.3. The topological polar surface area (TPSA) is 0 Å². The van der Waals surface area contributed by atoms with Gasteiger partial charge in [0.2, 0.25) is 0 Å². The zero-order chi connectivity index (χ0) is 16.8. The molecule has 0 bridgehead atoms. The highest BCUT2D eigenvalue weighted by atomic mass is 14.2. The van der Waals surface area contributed by atoms with Gasteiger partial charge in [-0.1, -0.05) is 50.6 Å². The van der Waals surface area contributed by atoms with E-state index in [-0.39, 0.29) is 0 Å². The fourth-order valence-corrected chi connectivity index (χ4v) is 2.56. The molecule has 0 rings (SSSR count). The van der Waals surface area contributed by atoms with Gasteiger partial charge in [0.25, 0.3) is 0 Å². The monoisotopic (exact) mass is 300 g/mol. The van der Waals surface area contributed by atoms with E-state index in [1.165, 1.54) is 18.4 Å². The van der Waals surface area contributed by atoms with Gasteiger partial charge in [-0.05, 0) is 63.7 Å². The summed E-state index contributed by atoms with van der Waals surface area (Å²) in [5.74, 6) is 4.68. The van der Waals surface area contributed by atoms with E-state index >= 15 is 0 Å². The Morgan fingerprint density at radius 3 is 2.45 bits per heavy atom. The lowest BCUT2D eigenvalue weighted by Gasteiger charge is -2.18. The Bertz CT molecular complexity index is 375. The third kappa shape index (κ3) is 11.4. The molecule has 2 atom stereocenters. The lowest BCUT2D eigenvalue weighted by molar-refractivity contribution is 0.394. The first kappa shape index (κ1) is 20.8. The molecule has 0 radical (unpaired) electrons. The molecule has 0 unspecified atom stereocenters. The first-order chi connectivity index (χ1) is 10.5. The van der Waals surface area contributed by atoms with Crippen molar-refractivity contribution in [3.63, 3.8) is 0 Å². The van der Waals surface area contributed by atoms with Crippen LogP contribution < -0.4 is 0 Å². The van der Waals surface area contributed by atoms with Crippen LogP contribution >= 0.6 is 0 Å². The van der Waals surface area contributed by atoms with E-state index in [1.807, 2.05) is 6.08 Å². The van der Waals surface area contributed by atoms with Crippen LogP contribution in [0.15, 0.2) is 36.5 Å². The van der Waals surface area contributed by atoms with Crippen LogP contribution in [0, 0.1) is 30.1 Å². The Kier molecular flexibility index (Phi) is 12.7. The van der Waals surface area contributed by atoms with Gasteiger partial charge in [-0.15, -0.1) is 18.9 Å². The third-order valence-corrected chi connectivity index (χ3v) is 4.17. The minimum absolute atomic E-state index is 0.406. The summed E-state index contributed by atoms with van der Waals surface area (Å²) in [7, 11) is 0. The molecule has 124 valence electrons. The maximum Gasteiger partial charge on any atom is 0.0229 e. The van der Waals surface area contributed by atoms with Gasteiger partial charge in [0, 0.05) is 5.92 Å². The van der Waals surface area contributed by atoms with Crippen LogP contribution in [0.1, 0.15) is 72.6 Å². The van der Waals surface area contributed by atoms with E-state index < -0.39 is 0 Å². The van der Waals surface area contributed by atoms with Crippen molar-refractivity contribution in [2.45, 2.75) is 72.6 Å². The molecule has 22 heavy (non-hydrogen) atoms. The summed E-state index contributed by atoms with van der Waals surface area (Å²) in [5.41, 5.74) is 1.48. The van der Waals surface area contributed by atoms with E-state index in [9.17, 15) is 0 Å². The van der Waals surface area contributed by atoms with Crippen molar-refractivity contribution in [2.75, 3.05) is 0 Å². The van der Waals surface area contributed by atoms with Crippen LogP contribution in [0.5, 0.6) is 0 Å². The predicted octanol–water partition coefficient (Wildman–Crippen LogP) is 6.95. The predicted molar refractivity (Wildman–Crippen MR) is 102 cm³/mol. The molecule has 0 saturated heterocycles. The summed E-state index contributed by atoms with van der Waals surface area (Å²) in [6.45, 7) is 12.7. The van der Waals surface area contributed by atoms with Crippen LogP contribution in [0.25, 0.3) is 0 Å². The van der Waals surface area contributed by atoms with Gasteiger partial charge >= 0.3 is 0 Å². The molecular weight excluding hydrogens is 264 g/mol. The molecule has 0 N–H and O–H groups in total. The van der Waals surface area contributed by atoms with Crippen LogP contribution in [-0.4, -0.2) is 0 Å². The van der Waals surface area contributed by atoms with E-state index in [2.05, 4.69) is 58.4 Å². The number of hydrogen-bond donors (Lipinski definition) is 0. The summed E-state index contributed by atoms with van der Waals surface area (Å²) < 4.78 is 0. The zero-order valence-corrected chi connectivity index (χ0v) is 15.3. The highest BCUT2D eigenvalue weighted by molar-refractivity contribution is 5.02. The Hall–Kier alpha value is -1.22. The molecule has 0 fully saturated rings. The molecular formula is C22H36. The average Bonchev–Trinajstić information content (AvgIpc) is 2.48. The van der Waals surface area contributed by atoms with Crippen LogP contribution in [0.4, 0.5) is 0 Å². The van der Waals surface area contributed by atoms with Crippen molar-refractivity contribution in [1.82, 2.24) is 0 Å². The molecule has 0 amide bonds. The van der Waals surface area contributed by atoms with Crippen molar-refractivity contribution in [3.8, 4) is 12.3 Å². The molecule has 0 aliphatic rings. The fourth-order valence-electron chi connectivity index (χ4n) is 2.56. The van der Waals surface area contributed by atoms with Gasteiger partial charge in [-0.3, -0.25) is 0 Å². The Morgan fingerprint density at radius 1 is 1.14 bits per heavy atom. The molecule has 0 nitrogen and oxygen atoms in total. The van der Waals surface area contributed by atoms with Crippen molar-refractivity contribution in [3.05, 3.63) is 36.5 Å². The molecule has 0 aromatic carbocycles. The average molecular weight is 301 g/mol. The van der Waals surface area contributed by atoms with E-state index in [1.54, 1.807) is 0 Å². The van der Waals surface area contributed by atoms with Crippen molar-refractivity contribution >= 4 is 0 Å². The quantitative estimate of drug-likeness (QED) is 0.208. The summed E-state index contributed by atoms with van der Waals surface area (Å²) in [6.07, 6.45) is 22.8. The SMILES string of the molecule is C#C[C@@H](CCC(C)=CCCCC=C)[C@@H](C)CC/C=C/C(C)C. The minimum Gasteiger partial charge on any atom is -0.120 e. The minimum atomic E-state index is 0.406. The Balaban J connectivity index is 4.08. The smallest absolute Gasteiger partial charge is 0.0229 e. The molecule has 0 aliphatic heterocycles. The largest absolute Gasteiger partial charge is 0.120 e. The Labute approximate surface area is 139 Å². The molecule has 0 heteroatoms. The molecule has 0 aromatic rings. The first-order valence-electron chi connectivity index (χ1n) is 8.90. The standard InChI is InChI=1S/C22H36/c1-7-9-10-11-15-20(5)17-18-22(8-2)21(6)16-13-12-14-19(3)4/h2,7,12,14-15,19,21-22H,1,9-11,13,16-18H2,3-6H3/b14-12+,20-15?/t21-,22-/m0/s1. The van der Waals surface area contributed by atoms with Gasteiger partial charge < -0.3 is 0 Å².